The SMILES string of the molecule is O=[N+]([O-])c1cccc2c1cnn2[C@@H]1O[C@@H]2COP(=O)([O-])O[C@H]2[C@H]1O. The first-order chi connectivity index (χ1) is 11.4. The third-order valence-electron chi connectivity index (χ3n) is 4.01. The number of phosphoric ester groups is 1. The Balaban J connectivity index is 1.73. The van der Waals surface area contributed by atoms with Gasteiger partial charge in [-0.2, -0.15) is 5.10 Å². The Morgan fingerprint density at radius 1 is 1.46 bits per heavy atom. The Labute approximate surface area is 134 Å². The van der Waals surface area contributed by atoms with Crippen molar-refractivity contribution in [1.82, 2.24) is 9.78 Å². The molecule has 2 aliphatic heterocycles. The summed E-state index contributed by atoms with van der Waals surface area (Å²) in [6.07, 6.45) is -3.00. The number of rotatable bonds is 2. The van der Waals surface area contributed by atoms with Crippen LogP contribution in [-0.4, -0.2) is 44.7 Å². The number of nitro benzene ring substituents is 1. The number of phosphoric acid groups is 1. The summed E-state index contributed by atoms with van der Waals surface area (Å²) >= 11 is 0. The van der Waals surface area contributed by atoms with Gasteiger partial charge in [-0.1, -0.05) is 6.07 Å². The van der Waals surface area contributed by atoms with Gasteiger partial charge in [0.15, 0.2) is 6.23 Å². The first-order valence-corrected chi connectivity index (χ1v) is 8.41. The van der Waals surface area contributed by atoms with E-state index >= 15 is 0 Å². The molecule has 0 aliphatic carbocycles. The summed E-state index contributed by atoms with van der Waals surface area (Å²) in [5.41, 5.74) is 0.241. The Hall–Kier alpha value is -1.88. The molecule has 0 amide bonds. The number of non-ortho nitro benzene ring substituents is 1. The highest BCUT2D eigenvalue weighted by atomic mass is 31.2. The minimum atomic E-state index is -4.48. The number of aromatic nitrogens is 2. The van der Waals surface area contributed by atoms with Crippen LogP contribution in [0.3, 0.4) is 0 Å². The molecule has 0 radical (unpaired) electrons. The molecular weight excluding hydrogens is 345 g/mol. The molecule has 24 heavy (non-hydrogen) atoms. The zero-order valence-corrected chi connectivity index (χ0v) is 12.8. The fourth-order valence-corrected chi connectivity index (χ4v) is 3.90. The summed E-state index contributed by atoms with van der Waals surface area (Å²) in [5, 5.41) is 25.8. The summed E-state index contributed by atoms with van der Waals surface area (Å²) in [6, 6.07) is 4.41. The first kappa shape index (κ1) is 15.6. The van der Waals surface area contributed by atoms with Crippen LogP contribution < -0.4 is 4.89 Å². The molecule has 3 heterocycles. The van der Waals surface area contributed by atoms with Crippen LogP contribution in [0.4, 0.5) is 5.69 Å². The van der Waals surface area contributed by atoms with Crippen molar-refractivity contribution in [2.24, 2.45) is 0 Å². The van der Waals surface area contributed by atoms with Gasteiger partial charge in [-0.25, -0.2) is 4.68 Å². The summed E-state index contributed by atoms with van der Waals surface area (Å²) in [5.74, 6) is 0. The second-order valence-electron chi connectivity index (χ2n) is 5.42. The number of hydrogen-bond donors (Lipinski definition) is 1. The van der Waals surface area contributed by atoms with Crippen LogP contribution in [0.15, 0.2) is 24.4 Å². The van der Waals surface area contributed by atoms with E-state index in [2.05, 4.69) is 9.62 Å². The Bertz CT molecular complexity index is 869. The quantitative estimate of drug-likeness (QED) is 0.448. The zero-order valence-electron chi connectivity index (χ0n) is 11.9. The van der Waals surface area contributed by atoms with Gasteiger partial charge in [0.1, 0.15) is 18.3 Å². The van der Waals surface area contributed by atoms with Crippen LogP contribution in [0.25, 0.3) is 10.9 Å². The van der Waals surface area contributed by atoms with E-state index in [0.717, 1.165) is 0 Å². The molecule has 2 saturated heterocycles. The van der Waals surface area contributed by atoms with Crippen LogP contribution in [0.1, 0.15) is 6.23 Å². The normalized spacial score (nSPS) is 35.9. The van der Waals surface area contributed by atoms with E-state index in [4.69, 9.17) is 9.26 Å². The number of ether oxygens (including phenoxy) is 1. The third-order valence-corrected chi connectivity index (χ3v) is 4.98. The molecular formula is C12H11N3O8P-. The van der Waals surface area contributed by atoms with Crippen molar-refractivity contribution in [2.75, 3.05) is 6.61 Å². The highest BCUT2D eigenvalue weighted by Gasteiger charge is 2.50. The lowest BCUT2D eigenvalue weighted by Gasteiger charge is -2.34. The van der Waals surface area contributed by atoms with E-state index in [1.165, 1.54) is 23.0 Å². The fourth-order valence-electron chi connectivity index (χ4n) is 2.95. The first-order valence-electron chi connectivity index (χ1n) is 6.95. The highest BCUT2D eigenvalue weighted by Crippen LogP contribution is 2.49. The van der Waals surface area contributed by atoms with Gasteiger partial charge in [0, 0.05) is 6.07 Å². The van der Waals surface area contributed by atoms with E-state index < -0.39 is 37.3 Å². The maximum Gasteiger partial charge on any atom is 0.280 e. The standard InChI is InChI=1S/C12H12N3O8P/c16-10-11-9(5-21-24(19,20)23-11)22-12(10)14-7-2-1-3-8(15(17)18)6(7)4-13-14/h1-4,9-12,16H,5H2,(H,19,20)/p-1/t9-,10-,11-,12-/m1/s1. The summed E-state index contributed by atoms with van der Waals surface area (Å²) in [4.78, 5) is 21.9. The maximum absolute atomic E-state index is 11.4. The molecule has 0 saturated carbocycles. The fraction of sp³-hybridized carbons (Fsp3) is 0.417. The summed E-state index contributed by atoms with van der Waals surface area (Å²) < 4.78 is 27.6. The van der Waals surface area contributed by atoms with E-state index in [1.54, 1.807) is 6.07 Å². The van der Waals surface area contributed by atoms with Crippen LogP contribution >= 0.6 is 7.82 Å². The summed E-state index contributed by atoms with van der Waals surface area (Å²) in [6.45, 7) is -0.279. The van der Waals surface area contributed by atoms with E-state index in [1.807, 2.05) is 0 Å². The highest BCUT2D eigenvalue weighted by molar-refractivity contribution is 7.45. The third kappa shape index (κ3) is 2.34. The molecule has 4 rings (SSSR count). The number of aliphatic hydroxyl groups excluding tert-OH is 1. The Morgan fingerprint density at radius 2 is 2.25 bits per heavy atom. The average Bonchev–Trinajstić information content (AvgIpc) is 3.08. The number of nitro groups is 1. The van der Waals surface area contributed by atoms with Crippen LogP contribution in [-0.2, 0) is 18.3 Å². The molecule has 2 fully saturated rings. The van der Waals surface area contributed by atoms with Gasteiger partial charge < -0.3 is 23.8 Å². The van der Waals surface area contributed by atoms with Crippen LogP contribution in [0.5, 0.6) is 0 Å². The maximum atomic E-state index is 11.4. The van der Waals surface area contributed by atoms with E-state index in [0.29, 0.717) is 5.52 Å². The average molecular weight is 356 g/mol. The molecule has 2 aromatic rings. The number of nitrogens with zero attached hydrogens (tertiary/aromatic N) is 3. The molecule has 11 nitrogen and oxygen atoms in total. The van der Waals surface area contributed by atoms with Crippen LogP contribution in [0.2, 0.25) is 0 Å². The van der Waals surface area contributed by atoms with Crippen molar-refractivity contribution in [1.29, 1.82) is 0 Å². The van der Waals surface area contributed by atoms with Crippen molar-refractivity contribution < 1.29 is 33.3 Å². The van der Waals surface area contributed by atoms with Gasteiger partial charge in [0.05, 0.1) is 28.6 Å². The van der Waals surface area contributed by atoms with Crippen molar-refractivity contribution in [3.63, 3.8) is 0 Å². The molecule has 0 bridgehead atoms. The van der Waals surface area contributed by atoms with Gasteiger partial charge in [-0.15, -0.1) is 0 Å². The number of fused-ring (bicyclic) bond motifs is 2. The smallest absolute Gasteiger partial charge is 0.280 e. The largest absolute Gasteiger partial charge is 0.756 e. The topological polar surface area (TPSA) is 149 Å². The van der Waals surface area contributed by atoms with Crippen molar-refractivity contribution >= 4 is 24.4 Å². The number of benzene rings is 1. The lowest BCUT2D eigenvalue weighted by molar-refractivity contribution is -0.383. The van der Waals surface area contributed by atoms with Gasteiger partial charge in [0.2, 0.25) is 0 Å². The van der Waals surface area contributed by atoms with E-state index in [9.17, 15) is 24.7 Å². The van der Waals surface area contributed by atoms with Gasteiger partial charge in [0.25, 0.3) is 13.5 Å². The molecule has 1 unspecified atom stereocenters. The van der Waals surface area contributed by atoms with Gasteiger partial charge in [-0.3, -0.25) is 14.7 Å². The predicted octanol–water partition coefficient (Wildman–Crippen LogP) is 0.0866. The predicted molar refractivity (Wildman–Crippen MR) is 74.7 cm³/mol. The molecule has 1 aromatic heterocycles. The lowest BCUT2D eigenvalue weighted by atomic mass is 10.1. The number of hydrogen-bond acceptors (Lipinski definition) is 9. The molecule has 1 aromatic carbocycles. The van der Waals surface area contributed by atoms with Gasteiger partial charge in [-0.05, 0) is 6.07 Å². The molecule has 128 valence electrons. The van der Waals surface area contributed by atoms with E-state index in [-0.39, 0.29) is 17.7 Å². The second-order valence-corrected chi connectivity index (χ2v) is 6.79. The minimum Gasteiger partial charge on any atom is -0.756 e. The zero-order chi connectivity index (χ0) is 17.1. The van der Waals surface area contributed by atoms with Crippen LogP contribution in [0, 0.1) is 10.1 Å². The van der Waals surface area contributed by atoms with Crippen molar-refractivity contribution in [3.05, 3.63) is 34.5 Å². The molecule has 12 heteroatoms. The van der Waals surface area contributed by atoms with Crippen molar-refractivity contribution in [2.45, 2.75) is 24.5 Å². The molecule has 2 aliphatic rings. The summed E-state index contributed by atoms with van der Waals surface area (Å²) in [7, 11) is -4.48. The Morgan fingerprint density at radius 3 is 3.00 bits per heavy atom. The number of aliphatic hydroxyl groups is 1. The minimum absolute atomic E-state index is 0.132. The second kappa shape index (κ2) is 5.31. The Kier molecular flexibility index (Phi) is 3.46. The van der Waals surface area contributed by atoms with Crippen molar-refractivity contribution in [3.8, 4) is 0 Å². The monoisotopic (exact) mass is 356 g/mol. The molecule has 0 spiro atoms. The molecule has 5 atom stereocenters. The van der Waals surface area contributed by atoms with Gasteiger partial charge >= 0.3 is 0 Å². The molecule has 1 N–H and O–H groups in total. The lowest BCUT2D eigenvalue weighted by Crippen LogP contribution is -2.41.